The van der Waals surface area contributed by atoms with Crippen molar-refractivity contribution < 1.29 is 4.74 Å². The van der Waals surface area contributed by atoms with Gasteiger partial charge < -0.3 is 50.5 Å². The van der Waals surface area contributed by atoms with E-state index in [9.17, 15) is 0 Å². The average Bonchev–Trinajstić information content (AvgIpc) is 3.65. The molecule has 2 atom stereocenters. The molecule has 8 rings (SSSR count). The molecule has 0 radical (unpaired) electrons. The summed E-state index contributed by atoms with van der Waals surface area (Å²) in [4.78, 5) is 11.7. The number of rotatable bonds is 0. The Bertz CT molecular complexity index is 595. The van der Waals surface area contributed by atoms with Crippen LogP contribution in [-0.2, 0) is 4.74 Å². The van der Waals surface area contributed by atoms with Crippen molar-refractivity contribution in [3.63, 3.8) is 0 Å². The zero-order valence-electron chi connectivity index (χ0n) is 37.0. The normalized spacial score (nSPS) is 27.4. The molecule has 0 bridgehead atoms. The monoisotopic (exact) mass is 754 g/mol. The highest BCUT2D eigenvalue weighted by atomic mass is 16.5. The van der Waals surface area contributed by atoms with Crippen LogP contribution < -0.4 is 21.3 Å². The first-order valence-corrected chi connectivity index (χ1v) is 22.5. The lowest BCUT2D eigenvalue weighted by Crippen LogP contribution is -2.40. The van der Waals surface area contributed by atoms with Crippen molar-refractivity contribution in [2.45, 2.75) is 110 Å². The van der Waals surface area contributed by atoms with E-state index in [1.165, 1.54) is 169 Å². The van der Waals surface area contributed by atoms with Crippen LogP contribution in [0.3, 0.4) is 0 Å². The lowest BCUT2D eigenvalue weighted by molar-refractivity contribution is 0.0503. The average molecular weight is 754 g/mol. The molecule has 10 nitrogen and oxygen atoms in total. The molecule has 318 valence electrons. The summed E-state index contributed by atoms with van der Waals surface area (Å²) in [6.07, 6.45) is 18.2. The van der Waals surface area contributed by atoms with Gasteiger partial charge in [-0.25, -0.2) is 0 Å². The van der Waals surface area contributed by atoms with E-state index in [-0.39, 0.29) is 0 Å². The molecule has 8 saturated heterocycles. The second kappa shape index (κ2) is 36.0. The molecule has 0 spiro atoms. The van der Waals surface area contributed by atoms with Gasteiger partial charge in [0.2, 0.25) is 0 Å². The molecule has 2 unspecified atom stereocenters. The van der Waals surface area contributed by atoms with Gasteiger partial charge in [0.05, 0.1) is 13.2 Å². The number of likely N-dealkylation sites (N-methyl/N-ethyl adjacent to an activating group) is 2. The first kappa shape index (κ1) is 50.6. The van der Waals surface area contributed by atoms with Gasteiger partial charge in [0.15, 0.2) is 0 Å². The van der Waals surface area contributed by atoms with Gasteiger partial charge in [0.1, 0.15) is 0 Å². The number of nitrogens with zero attached hydrogens (tertiary/aromatic N) is 5. The van der Waals surface area contributed by atoms with Gasteiger partial charge in [-0.2, -0.15) is 0 Å². The highest BCUT2D eigenvalue weighted by Crippen LogP contribution is 2.09. The quantitative estimate of drug-likeness (QED) is 0.279. The summed E-state index contributed by atoms with van der Waals surface area (Å²) in [5, 5.41) is 13.3. The van der Waals surface area contributed by atoms with Gasteiger partial charge >= 0.3 is 0 Å². The Labute approximate surface area is 331 Å². The van der Waals surface area contributed by atoms with Crippen molar-refractivity contribution in [3.05, 3.63) is 0 Å². The Morgan fingerprint density at radius 2 is 0.868 bits per heavy atom. The predicted octanol–water partition coefficient (Wildman–Crippen LogP) is 4.77. The second-order valence-electron chi connectivity index (χ2n) is 17.2. The third-order valence-electron chi connectivity index (χ3n) is 11.3. The maximum atomic E-state index is 5.10. The van der Waals surface area contributed by atoms with Gasteiger partial charge in [0.25, 0.3) is 0 Å². The summed E-state index contributed by atoms with van der Waals surface area (Å²) in [5.41, 5.74) is 0. The Morgan fingerprint density at radius 3 is 1.09 bits per heavy atom. The van der Waals surface area contributed by atoms with Crippen molar-refractivity contribution in [2.75, 3.05) is 160 Å². The molecular weight excluding hydrogens is 659 g/mol. The molecule has 4 N–H and O–H groups in total. The van der Waals surface area contributed by atoms with Crippen LogP contribution in [0.25, 0.3) is 0 Å². The van der Waals surface area contributed by atoms with Crippen LogP contribution in [0, 0.1) is 11.8 Å². The number of hydrogen-bond donors (Lipinski definition) is 4. The Morgan fingerprint density at radius 1 is 0.377 bits per heavy atom. The van der Waals surface area contributed by atoms with E-state index in [0.29, 0.717) is 0 Å². The third-order valence-corrected chi connectivity index (χ3v) is 11.3. The minimum atomic E-state index is 0.786. The largest absolute Gasteiger partial charge is 0.379 e. The topological polar surface area (TPSA) is 73.6 Å². The maximum absolute atomic E-state index is 5.10. The third kappa shape index (κ3) is 34.6. The summed E-state index contributed by atoms with van der Waals surface area (Å²) >= 11 is 0. The Kier molecular flexibility index (Phi) is 34.4. The molecule has 8 aliphatic rings. The molecule has 0 aromatic rings. The molecule has 0 aromatic carbocycles. The van der Waals surface area contributed by atoms with Crippen LogP contribution >= 0.6 is 0 Å². The van der Waals surface area contributed by atoms with E-state index in [1.54, 1.807) is 0 Å². The molecule has 0 saturated carbocycles. The van der Waals surface area contributed by atoms with E-state index < -0.39 is 0 Å². The van der Waals surface area contributed by atoms with E-state index >= 15 is 0 Å². The van der Waals surface area contributed by atoms with Crippen molar-refractivity contribution in [1.29, 1.82) is 0 Å². The van der Waals surface area contributed by atoms with Crippen LogP contribution in [0.4, 0.5) is 0 Å². The second-order valence-corrected chi connectivity index (χ2v) is 17.2. The predicted molar refractivity (Wildman–Crippen MR) is 233 cm³/mol. The molecule has 0 aromatic heterocycles. The number of piperidine rings is 4. The maximum Gasteiger partial charge on any atom is 0.0594 e. The lowest BCUT2D eigenvalue weighted by Gasteiger charge is -2.24. The van der Waals surface area contributed by atoms with E-state index in [0.717, 1.165) is 57.3 Å². The molecule has 10 heteroatoms. The van der Waals surface area contributed by atoms with Crippen molar-refractivity contribution >= 4 is 0 Å². The van der Waals surface area contributed by atoms with Gasteiger partial charge in [-0.3, -0.25) is 0 Å². The molecular formula is C43H95N9O. The van der Waals surface area contributed by atoms with Crippen molar-refractivity contribution in [3.8, 4) is 0 Å². The van der Waals surface area contributed by atoms with E-state index in [1.807, 2.05) is 0 Å². The minimum Gasteiger partial charge on any atom is -0.379 e. The number of piperazine rings is 1. The summed E-state index contributed by atoms with van der Waals surface area (Å²) in [5.74, 6) is 1.90. The smallest absolute Gasteiger partial charge is 0.0594 e. The number of ether oxygens (including phenoxy) is 1. The van der Waals surface area contributed by atoms with E-state index in [2.05, 4.69) is 102 Å². The number of hydrogen-bond acceptors (Lipinski definition) is 10. The fraction of sp³-hybridized carbons (Fsp3) is 1.00. The fourth-order valence-electron chi connectivity index (χ4n) is 6.85. The van der Waals surface area contributed by atoms with Crippen LogP contribution in [0.2, 0.25) is 0 Å². The van der Waals surface area contributed by atoms with Crippen LogP contribution in [0.1, 0.15) is 104 Å². The number of likely N-dealkylation sites (tertiary alicyclic amines) is 3. The van der Waals surface area contributed by atoms with Gasteiger partial charge in [-0.15, -0.1) is 0 Å². The van der Waals surface area contributed by atoms with E-state index in [4.69, 9.17) is 4.74 Å². The first-order valence-electron chi connectivity index (χ1n) is 22.5. The zero-order chi connectivity index (χ0) is 38.8. The highest BCUT2D eigenvalue weighted by Gasteiger charge is 2.08. The van der Waals surface area contributed by atoms with Crippen LogP contribution in [0.5, 0.6) is 0 Å². The van der Waals surface area contributed by atoms with Gasteiger partial charge in [-0.05, 0) is 197 Å². The standard InChI is InChI=1S/4C6H13N.C5H12N2.C5H11NO.C5H11N.C4H9N/c1-6-2-4-7-5-3-6;1-6-3-2-4-7-5-6;1-7-5-3-2-4-6-7;1-6-4-2-3-5-7-6;1-7-4-2-6-3-5-7;1-6-2-4-7-5-3-6;1-6-4-2-3-5-6;1-5-3-2-4-5/h2*6-7H,2-5H2,1H3;2-6H2,1H3;6-7H,2-5H2,1H3;6H,2-5H2,1H3;2-5H2,1H3;2-5H2,1H3;2-4H2,1H3. The summed E-state index contributed by atoms with van der Waals surface area (Å²) < 4.78 is 5.10. The lowest BCUT2D eigenvalue weighted by atomic mass is 10.0. The molecule has 0 amide bonds. The SMILES string of the molecule is CC1CCCCN1.CC1CCCNC1.CC1CCNCC1.CN1CCC1.CN1CCCC1.CN1CCCCC1.CN1CCNCC1.CN1CCOCC1. The molecule has 0 aliphatic carbocycles. The first-order chi connectivity index (χ1) is 25.7. The highest BCUT2D eigenvalue weighted by molar-refractivity contribution is 4.67. The number of nitrogens with one attached hydrogen (secondary N) is 4. The van der Waals surface area contributed by atoms with Crippen LogP contribution in [0.15, 0.2) is 0 Å². The summed E-state index contributed by atoms with van der Waals surface area (Å²) in [6.45, 7) is 29.7. The Hall–Kier alpha value is -0.400. The summed E-state index contributed by atoms with van der Waals surface area (Å²) in [7, 11) is 10.8. The molecule has 8 heterocycles. The van der Waals surface area contributed by atoms with Gasteiger partial charge in [-0.1, -0.05) is 26.7 Å². The van der Waals surface area contributed by atoms with Crippen molar-refractivity contribution in [2.24, 2.45) is 11.8 Å². The van der Waals surface area contributed by atoms with Gasteiger partial charge in [0, 0.05) is 45.3 Å². The number of morpholine rings is 1. The molecule has 53 heavy (non-hydrogen) atoms. The molecule has 8 aliphatic heterocycles. The van der Waals surface area contributed by atoms with Crippen LogP contribution in [-0.4, -0.2) is 190 Å². The minimum absolute atomic E-state index is 0.786. The zero-order valence-corrected chi connectivity index (χ0v) is 37.0. The Balaban J connectivity index is 0.000000303. The summed E-state index contributed by atoms with van der Waals surface area (Å²) in [6, 6.07) is 0.786. The van der Waals surface area contributed by atoms with Crippen molar-refractivity contribution in [1.82, 2.24) is 45.8 Å². The molecule has 8 fully saturated rings. The fourth-order valence-corrected chi connectivity index (χ4v) is 6.85.